The molecule has 222 valence electrons. The number of nitrogens with zero attached hydrogens (tertiary/aromatic N) is 1. The second kappa shape index (κ2) is 23.4. The van der Waals surface area contributed by atoms with E-state index < -0.39 is 20.5 Å². The minimum atomic E-state index is -4.49. The summed E-state index contributed by atoms with van der Waals surface area (Å²) in [5.74, 6) is -0.385. The van der Waals surface area contributed by atoms with Crippen molar-refractivity contribution in [2.45, 2.75) is 129 Å². The second-order valence-corrected chi connectivity index (χ2v) is 12.7. The monoisotopic (exact) mass is 551 g/mol. The number of hydrogen-bond acceptors (Lipinski definition) is 7. The van der Waals surface area contributed by atoms with Gasteiger partial charge in [-0.1, -0.05) is 110 Å². The normalized spacial score (nSPS) is 14.4. The van der Waals surface area contributed by atoms with E-state index in [1.54, 1.807) is 0 Å². The summed E-state index contributed by atoms with van der Waals surface area (Å²) in [6, 6.07) is 0. The largest absolute Gasteiger partial charge is 0.756 e. The van der Waals surface area contributed by atoms with Gasteiger partial charge in [0.1, 0.15) is 25.9 Å². The molecule has 37 heavy (non-hydrogen) atoms. The predicted octanol–water partition coefficient (Wildman–Crippen LogP) is 6.14. The average molecular weight is 552 g/mol. The Kier molecular flexibility index (Phi) is 23.1. The lowest BCUT2D eigenvalue weighted by atomic mass is 10.0. The Bertz CT molecular complexity index is 583. The predicted molar refractivity (Wildman–Crippen MR) is 148 cm³/mol. The summed E-state index contributed by atoms with van der Waals surface area (Å²) in [6.07, 6.45) is 20.9. The number of unbranched alkanes of at least 4 members (excludes halogenated alkanes) is 16. The maximum atomic E-state index is 11.8. The van der Waals surface area contributed by atoms with Crippen molar-refractivity contribution in [2.75, 3.05) is 47.5 Å². The summed E-state index contributed by atoms with van der Waals surface area (Å²) in [7, 11) is 1.26. The topological polar surface area (TPSA) is 105 Å². The number of aliphatic hydroxyl groups excluding tert-OH is 1. The van der Waals surface area contributed by atoms with Crippen LogP contribution >= 0.6 is 7.82 Å². The second-order valence-electron chi connectivity index (χ2n) is 11.3. The molecule has 0 spiro atoms. The van der Waals surface area contributed by atoms with Gasteiger partial charge < -0.3 is 28.3 Å². The van der Waals surface area contributed by atoms with Crippen LogP contribution in [0.2, 0.25) is 0 Å². The van der Waals surface area contributed by atoms with E-state index in [0.29, 0.717) is 17.4 Å². The molecule has 0 aromatic carbocycles. The smallest absolute Gasteiger partial charge is 0.305 e. The fraction of sp³-hybridized carbons (Fsp3) is 0.964. The fourth-order valence-electron chi connectivity index (χ4n) is 3.94. The molecule has 0 radical (unpaired) electrons. The van der Waals surface area contributed by atoms with Crippen LogP contribution in [0, 0.1) is 0 Å². The Balaban J connectivity index is 3.48. The molecule has 0 aliphatic carbocycles. The van der Waals surface area contributed by atoms with E-state index in [4.69, 9.17) is 9.26 Å². The highest BCUT2D eigenvalue weighted by Gasteiger charge is 2.16. The van der Waals surface area contributed by atoms with Gasteiger partial charge in [0.25, 0.3) is 7.82 Å². The molecular formula is C28H58NO7P. The third-order valence-electron chi connectivity index (χ3n) is 6.36. The molecule has 0 aromatic rings. The number of aliphatic hydroxyl groups is 1. The standard InChI is InChI=1S/C28H58NO7P/c1-5-6-7-8-9-10-11-12-13-14-15-16-17-18-19-20-21-22-28(31)34-25-27(30)26-36-37(32,33)35-24-23-29(2,3)4/h27,30H,5-26H2,1-4H3. The number of phosphoric ester groups is 1. The Morgan fingerprint density at radius 1 is 0.757 bits per heavy atom. The van der Waals surface area contributed by atoms with E-state index in [9.17, 15) is 19.4 Å². The molecule has 0 saturated carbocycles. The molecule has 2 atom stereocenters. The Labute approximate surface area is 227 Å². The van der Waals surface area contributed by atoms with Crippen molar-refractivity contribution >= 4 is 13.8 Å². The van der Waals surface area contributed by atoms with E-state index in [-0.39, 0.29) is 19.2 Å². The van der Waals surface area contributed by atoms with Crippen molar-refractivity contribution in [2.24, 2.45) is 0 Å². The average Bonchev–Trinajstić information content (AvgIpc) is 2.82. The zero-order valence-corrected chi connectivity index (χ0v) is 25.3. The van der Waals surface area contributed by atoms with Gasteiger partial charge in [0.2, 0.25) is 0 Å². The van der Waals surface area contributed by atoms with Gasteiger partial charge in [-0.25, -0.2) is 0 Å². The molecule has 0 rings (SSSR count). The lowest BCUT2D eigenvalue weighted by Gasteiger charge is -2.27. The molecule has 1 N–H and O–H groups in total. The van der Waals surface area contributed by atoms with Gasteiger partial charge in [-0.2, -0.15) is 0 Å². The maximum absolute atomic E-state index is 11.8. The number of carbonyl (C=O) groups is 1. The van der Waals surface area contributed by atoms with E-state index in [2.05, 4.69) is 11.4 Å². The van der Waals surface area contributed by atoms with Crippen LogP contribution in [0.1, 0.15) is 122 Å². The van der Waals surface area contributed by atoms with Gasteiger partial charge in [-0.3, -0.25) is 9.36 Å². The number of phosphoric acid groups is 1. The van der Waals surface area contributed by atoms with Crippen molar-refractivity contribution in [3.63, 3.8) is 0 Å². The molecule has 9 heteroatoms. The minimum absolute atomic E-state index is 0.00524. The number of esters is 1. The molecule has 0 amide bonds. The van der Waals surface area contributed by atoms with Gasteiger partial charge in [0, 0.05) is 6.42 Å². The first-order valence-electron chi connectivity index (χ1n) is 14.8. The van der Waals surface area contributed by atoms with Gasteiger partial charge >= 0.3 is 5.97 Å². The molecule has 0 aliphatic heterocycles. The molecule has 0 heterocycles. The highest BCUT2D eigenvalue weighted by molar-refractivity contribution is 7.45. The molecule has 0 saturated heterocycles. The first kappa shape index (κ1) is 36.5. The highest BCUT2D eigenvalue weighted by Crippen LogP contribution is 2.38. The molecule has 0 aliphatic rings. The molecule has 0 fully saturated rings. The fourth-order valence-corrected chi connectivity index (χ4v) is 4.68. The third kappa shape index (κ3) is 28.3. The van der Waals surface area contributed by atoms with Gasteiger partial charge in [0.15, 0.2) is 0 Å². The van der Waals surface area contributed by atoms with Crippen LogP contribution in [-0.2, 0) is 23.1 Å². The Hall–Kier alpha value is -0.500. The highest BCUT2D eigenvalue weighted by atomic mass is 31.2. The first-order valence-corrected chi connectivity index (χ1v) is 16.3. The van der Waals surface area contributed by atoms with E-state index in [0.717, 1.165) is 19.3 Å². The Morgan fingerprint density at radius 2 is 1.19 bits per heavy atom. The molecular weight excluding hydrogens is 493 g/mol. The van der Waals surface area contributed by atoms with Gasteiger partial charge in [-0.15, -0.1) is 0 Å². The maximum Gasteiger partial charge on any atom is 0.305 e. The quantitative estimate of drug-likeness (QED) is 0.0566. The van der Waals surface area contributed by atoms with Gasteiger partial charge in [-0.05, 0) is 6.42 Å². The zero-order valence-electron chi connectivity index (χ0n) is 24.4. The summed E-state index contributed by atoms with van der Waals surface area (Å²) < 4.78 is 26.7. The first-order chi connectivity index (χ1) is 17.6. The van der Waals surface area contributed by atoms with E-state index >= 15 is 0 Å². The summed E-state index contributed by atoms with van der Waals surface area (Å²) in [6.45, 7) is 1.96. The summed E-state index contributed by atoms with van der Waals surface area (Å²) in [5.41, 5.74) is 0. The summed E-state index contributed by atoms with van der Waals surface area (Å²) in [4.78, 5) is 23.5. The molecule has 8 nitrogen and oxygen atoms in total. The van der Waals surface area contributed by atoms with Crippen LogP contribution in [0.15, 0.2) is 0 Å². The van der Waals surface area contributed by atoms with Crippen LogP contribution < -0.4 is 4.89 Å². The van der Waals surface area contributed by atoms with Crippen molar-refractivity contribution in [1.82, 2.24) is 0 Å². The van der Waals surface area contributed by atoms with Crippen LogP contribution in [0.4, 0.5) is 0 Å². The van der Waals surface area contributed by atoms with E-state index in [1.165, 1.54) is 89.9 Å². The van der Waals surface area contributed by atoms with Crippen LogP contribution in [-0.4, -0.2) is 69.2 Å². The minimum Gasteiger partial charge on any atom is -0.756 e. The van der Waals surface area contributed by atoms with Crippen LogP contribution in [0.5, 0.6) is 0 Å². The van der Waals surface area contributed by atoms with Crippen molar-refractivity contribution in [1.29, 1.82) is 0 Å². The number of likely N-dealkylation sites (N-methyl/N-ethyl adjacent to an activating group) is 1. The Morgan fingerprint density at radius 3 is 1.62 bits per heavy atom. The summed E-state index contributed by atoms with van der Waals surface area (Å²) in [5, 5.41) is 9.82. The van der Waals surface area contributed by atoms with Crippen molar-refractivity contribution in [3.8, 4) is 0 Å². The number of carbonyl (C=O) groups excluding carboxylic acids is 1. The molecule has 0 aromatic heterocycles. The SMILES string of the molecule is CCCCCCCCCCCCCCCCCCCC(=O)OCC(O)COP(=O)([O-])OCC[N+](C)(C)C. The van der Waals surface area contributed by atoms with Crippen molar-refractivity contribution < 1.29 is 37.6 Å². The van der Waals surface area contributed by atoms with Crippen molar-refractivity contribution in [3.05, 3.63) is 0 Å². The van der Waals surface area contributed by atoms with E-state index in [1.807, 2.05) is 21.1 Å². The van der Waals surface area contributed by atoms with Gasteiger partial charge in [0.05, 0.1) is 27.7 Å². The number of hydrogen-bond donors (Lipinski definition) is 1. The number of rotatable bonds is 27. The lowest BCUT2D eigenvalue weighted by Crippen LogP contribution is -2.37. The van der Waals surface area contributed by atoms with Crippen LogP contribution in [0.3, 0.4) is 0 Å². The zero-order chi connectivity index (χ0) is 27.8. The van der Waals surface area contributed by atoms with Crippen LogP contribution in [0.25, 0.3) is 0 Å². The summed E-state index contributed by atoms with van der Waals surface area (Å²) >= 11 is 0. The number of quaternary nitrogens is 1. The number of ether oxygens (including phenoxy) is 1. The lowest BCUT2D eigenvalue weighted by molar-refractivity contribution is -0.870. The third-order valence-corrected chi connectivity index (χ3v) is 7.32. The molecule has 0 bridgehead atoms. The molecule has 2 unspecified atom stereocenters.